The van der Waals surface area contributed by atoms with Crippen LogP contribution >= 0.6 is 0 Å². The minimum Gasteiger partial charge on any atom is -0.311 e. The van der Waals surface area contributed by atoms with Gasteiger partial charge >= 0.3 is 0 Å². The van der Waals surface area contributed by atoms with Gasteiger partial charge in [0.15, 0.2) is 0 Å². The van der Waals surface area contributed by atoms with Gasteiger partial charge in [-0.2, -0.15) is 0 Å². The van der Waals surface area contributed by atoms with Gasteiger partial charge in [0.05, 0.1) is 5.41 Å². The topological polar surface area (TPSA) is 6.48 Å². The van der Waals surface area contributed by atoms with E-state index < -0.39 is 0 Å². The minimum absolute atomic E-state index is 0.0107. The summed E-state index contributed by atoms with van der Waals surface area (Å²) >= 11 is 0. The van der Waals surface area contributed by atoms with Crippen molar-refractivity contribution in [2.75, 3.05) is 9.80 Å². The van der Waals surface area contributed by atoms with Crippen LogP contribution in [0.15, 0.2) is 170 Å². The van der Waals surface area contributed by atoms with Gasteiger partial charge in [-0.1, -0.05) is 184 Å². The van der Waals surface area contributed by atoms with Crippen molar-refractivity contribution in [1.29, 1.82) is 0 Å². The highest BCUT2D eigenvalue weighted by Crippen LogP contribution is 2.63. The second-order valence-corrected chi connectivity index (χ2v) is 21.8. The Kier molecular flexibility index (Phi) is 8.08. The van der Waals surface area contributed by atoms with Crippen LogP contribution < -0.4 is 26.2 Å². The summed E-state index contributed by atoms with van der Waals surface area (Å²) in [5, 5.41) is 0. The van der Waals surface area contributed by atoms with Crippen molar-refractivity contribution in [2.24, 2.45) is 0 Å². The van der Waals surface area contributed by atoms with Crippen LogP contribution in [0.4, 0.5) is 34.1 Å². The molecule has 4 aliphatic rings. The molecule has 2 aliphatic carbocycles. The van der Waals surface area contributed by atoms with Gasteiger partial charge in [0.25, 0.3) is 6.71 Å². The van der Waals surface area contributed by atoms with Crippen molar-refractivity contribution >= 4 is 57.2 Å². The Morgan fingerprint density at radius 3 is 1.23 bits per heavy atom. The monoisotopic (exact) mass is 826 g/mol. The Morgan fingerprint density at radius 1 is 0.344 bits per heavy atom. The number of hydrogen-bond acceptors (Lipinski definition) is 2. The molecule has 0 radical (unpaired) electrons. The van der Waals surface area contributed by atoms with Crippen molar-refractivity contribution in [2.45, 2.75) is 84.0 Å². The van der Waals surface area contributed by atoms with E-state index >= 15 is 0 Å². The number of rotatable bonds is 2. The fourth-order valence-corrected chi connectivity index (χ4v) is 11.8. The van der Waals surface area contributed by atoms with Crippen LogP contribution in [0.1, 0.15) is 101 Å². The summed E-state index contributed by atoms with van der Waals surface area (Å²) in [6, 6.07) is 65.7. The molecule has 0 unspecified atom stereocenters. The number of benzene rings is 8. The Bertz CT molecular complexity index is 3200. The van der Waals surface area contributed by atoms with Gasteiger partial charge in [-0.05, 0) is 142 Å². The molecule has 0 amide bonds. The molecule has 0 aromatic heterocycles. The molecular weight excluding hydrogens is 771 g/mol. The van der Waals surface area contributed by atoms with Gasteiger partial charge in [-0.25, -0.2) is 0 Å². The molecule has 3 heteroatoms. The molecule has 0 saturated heterocycles. The SMILES string of the molecule is CC(C)(C)c1ccc(N2c3ccc(C(C)(C)C)cc3B3c4cc(C(C)(C)C)ccc4N(c4ccc5c(c4)-c4ccccc4C54c5ccccc5-c5ccccc54)c4cccc2c43)cc1. The van der Waals surface area contributed by atoms with E-state index in [1.165, 1.54) is 112 Å². The van der Waals surface area contributed by atoms with Crippen LogP contribution in [0.3, 0.4) is 0 Å². The second-order valence-electron chi connectivity index (χ2n) is 21.8. The molecule has 0 saturated carbocycles. The Morgan fingerprint density at radius 2 is 0.750 bits per heavy atom. The highest BCUT2D eigenvalue weighted by Gasteiger charge is 2.52. The quantitative estimate of drug-likeness (QED) is 0.160. The third-order valence-electron chi connectivity index (χ3n) is 15.0. The summed E-state index contributed by atoms with van der Waals surface area (Å²) < 4.78 is 0. The lowest BCUT2D eigenvalue weighted by Gasteiger charge is -2.45. The first-order chi connectivity index (χ1) is 30.7. The van der Waals surface area contributed by atoms with Gasteiger partial charge in [0.1, 0.15) is 0 Å². The van der Waals surface area contributed by atoms with E-state index in [0.717, 1.165) is 0 Å². The molecule has 2 nitrogen and oxygen atoms in total. The first-order valence-corrected chi connectivity index (χ1v) is 23.2. The fraction of sp³-hybridized carbons (Fsp3) is 0.213. The minimum atomic E-state index is -0.381. The second kappa shape index (κ2) is 13.2. The molecule has 8 aromatic carbocycles. The molecular formula is C61H55BN2. The van der Waals surface area contributed by atoms with E-state index in [1.54, 1.807) is 0 Å². The van der Waals surface area contributed by atoms with E-state index in [4.69, 9.17) is 0 Å². The molecule has 0 N–H and O–H groups in total. The van der Waals surface area contributed by atoms with Crippen LogP contribution in [0, 0.1) is 0 Å². The fourth-order valence-electron chi connectivity index (χ4n) is 11.8. The van der Waals surface area contributed by atoms with Crippen LogP contribution in [-0.2, 0) is 21.7 Å². The predicted molar refractivity (Wildman–Crippen MR) is 273 cm³/mol. The van der Waals surface area contributed by atoms with Gasteiger partial charge in [0.2, 0.25) is 0 Å². The summed E-state index contributed by atoms with van der Waals surface area (Å²) in [4.78, 5) is 5.12. The van der Waals surface area contributed by atoms with Crippen LogP contribution in [0.2, 0.25) is 0 Å². The smallest absolute Gasteiger partial charge is 0.252 e. The third-order valence-corrected chi connectivity index (χ3v) is 15.0. The molecule has 1 spiro atoms. The maximum Gasteiger partial charge on any atom is 0.252 e. The largest absolute Gasteiger partial charge is 0.311 e. The maximum absolute atomic E-state index is 2.58. The third kappa shape index (κ3) is 5.33. The van der Waals surface area contributed by atoms with Crippen molar-refractivity contribution in [3.8, 4) is 22.3 Å². The Hall–Kier alpha value is -6.58. The molecule has 2 heterocycles. The molecule has 64 heavy (non-hydrogen) atoms. The summed E-state index contributed by atoms with van der Waals surface area (Å²) in [5.41, 5.74) is 25.9. The van der Waals surface area contributed by atoms with Gasteiger partial charge in [-0.15, -0.1) is 0 Å². The molecule has 2 aliphatic heterocycles. The zero-order valence-corrected chi connectivity index (χ0v) is 38.6. The van der Waals surface area contributed by atoms with Crippen molar-refractivity contribution in [3.63, 3.8) is 0 Å². The van der Waals surface area contributed by atoms with E-state index in [1.807, 2.05) is 0 Å². The molecule has 12 rings (SSSR count). The van der Waals surface area contributed by atoms with Gasteiger partial charge < -0.3 is 9.80 Å². The number of nitrogens with zero attached hydrogens (tertiary/aromatic N) is 2. The number of anilines is 6. The predicted octanol–water partition coefficient (Wildman–Crippen LogP) is 14.0. The van der Waals surface area contributed by atoms with Crippen molar-refractivity contribution < 1.29 is 0 Å². The van der Waals surface area contributed by atoms with E-state index in [-0.39, 0.29) is 28.4 Å². The first-order valence-electron chi connectivity index (χ1n) is 23.2. The highest BCUT2D eigenvalue weighted by atomic mass is 15.2. The summed E-state index contributed by atoms with van der Waals surface area (Å²) in [7, 11) is 0. The Labute approximate surface area is 380 Å². The van der Waals surface area contributed by atoms with E-state index in [2.05, 4.69) is 242 Å². The van der Waals surface area contributed by atoms with Crippen LogP contribution in [-0.4, -0.2) is 6.71 Å². The van der Waals surface area contributed by atoms with Gasteiger partial charge in [0, 0.05) is 34.1 Å². The lowest BCUT2D eigenvalue weighted by Crippen LogP contribution is -2.61. The van der Waals surface area contributed by atoms with E-state index in [9.17, 15) is 0 Å². The van der Waals surface area contributed by atoms with Crippen molar-refractivity contribution in [1.82, 2.24) is 0 Å². The average molecular weight is 827 g/mol. The number of hydrogen-bond donors (Lipinski definition) is 0. The molecule has 8 aromatic rings. The van der Waals surface area contributed by atoms with E-state index in [0.29, 0.717) is 0 Å². The normalized spacial score (nSPS) is 15.0. The summed E-state index contributed by atoms with van der Waals surface area (Å²) in [6.07, 6.45) is 0. The van der Waals surface area contributed by atoms with Crippen LogP contribution in [0.25, 0.3) is 22.3 Å². The molecule has 312 valence electrons. The zero-order chi connectivity index (χ0) is 44.1. The lowest BCUT2D eigenvalue weighted by atomic mass is 9.33. The summed E-state index contributed by atoms with van der Waals surface area (Å²) in [5.74, 6) is 0. The van der Waals surface area contributed by atoms with Crippen molar-refractivity contribution in [3.05, 3.63) is 209 Å². The average Bonchev–Trinajstić information content (AvgIpc) is 3.75. The number of fused-ring (bicyclic) bond motifs is 14. The maximum atomic E-state index is 2.58. The van der Waals surface area contributed by atoms with Crippen LogP contribution in [0.5, 0.6) is 0 Å². The first kappa shape index (κ1) is 39.0. The Balaban J connectivity index is 1.13. The molecule has 0 atom stereocenters. The molecule has 0 fully saturated rings. The zero-order valence-electron chi connectivity index (χ0n) is 38.6. The highest BCUT2D eigenvalue weighted by molar-refractivity contribution is 7.00. The molecule has 0 bridgehead atoms. The standard InChI is InChI=1S/C61H55BN2/c1-58(2,3)38-25-29-41(30-26-38)63-53-33-27-39(59(4,5)6)35-51(53)62-52-36-40(60(7,8)9)28-34-54(52)64(56-24-16-23-55(63)57(56)62)42-31-32-50-46(37-42)45-19-12-15-22-49(45)61(50)47-20-13-10-17-43(47)44-18-11-14-21-48(44)61/h10-37H,1-9H3. The van der Waals surface area contributed by atoms with Gasteiger partial charge in [-0.3, -0.25) is 0 Å². The lowest BCUT2D eigenvalue weighted by molar-refractivity contribution is 0.590. The summed E-state index contributed by atoms with van der Waals surface area (Å²) in [6.45, 7) is 21.0.